The van der Waals surface area contributed by atoms with Gasteiger partial charge in [-0.15, -0.1) is 4.40 Å². The van der Waals surface area contributed by atoms with Crippen molar-refractivity contribution in [3.05, 3.63) is 59.3 Å². The number of rotatable bonds is 6. The van der Waals surface area contributed by atoms with E-state index < -0.39 is 28.5 Å². The van der Waals surface area contributed by atoms with E-state index in [1.807, 2.05) is 31.2 Å². The second-order valence-corrected chi connectivity index (χ2v) is 8.56. The molecule has 0 bridgehead atoms. The molecule has 1 amide bonds. The largest absolute Gasteiger partial charge is 0.452 e. The molecule has 3 rings (SSSR count). The van der Waals surface area contributed by atoms with Gasteiger partial charge in [0.1, 0.15) is 5.84 Å². The van der Waals surface area contributed by atoms with Gasteiger partial charge in [-0.2, -0.15) is 0 Å². The number of hydrogen-bond acceptors (Lipinski definition) is 6. The lowest BCUT2D eigenvalue weighted by molar-refractivity contribution is -0.144. The Morgan fingerprint density at radius 2 is 1.97 bits per heavy atom. The standard InChI is InChI=1S/C20H23N3O5S/c1-3-15-4-6-16(7-5-15)14(2)21-19(24)13-28-20(25)17-8-9-18-22-29(26,27)11-10-23(18)12-17/h4-9,12,14H,3,10-11,13H2,1-2H3,(H,21,24). The molecule has 0 spiro atoms. The molecule has 0 aromatic heterocycles. The summed E-state index contributed by atoms with van der Waals surface area (Å²) in [5, 5.41) is 2.80. The van der Waals surface area contributed by atoms with E-state index in [0.717, 1.165) is 12.0 Å². The number of nitrogens with one attached hydrogen (secondary N) is 1. The first-order chi connectivity index (χ1) is 13.8. The van der Waals surface area contributed by atoms with Crippen LogP contribution in [0.15, 0.2) is 52.6 Å². The van der Waals surface area contributed by atoms with Gasteiger partial charge in [-0.05, 0) is 36.6 Å². The first-order valence-electron chi connectivity index (χ1n) is 9.32. The van der Waals surface area contributed by atoms with Crippen LogP contribution in [0.3, 0.4) is 0 Å². The smallest absolute Gasteiger partial charge is 0.340 e. The van der Waals surface area contributed by atoms with E-state index in [-0.39, 0.29) is 29.7 Å². The highest BCUT2D eigenvalue weighted by Gasteiger charge is 2.25. The van der Waals surface area contributed by atoms with Crippen molar-refractivity contribution in [3.8, 4) is 0 Å². The summed E-state index contributed by atoms with van der Waals surface area (Å²) in [6, 6.07) is 7.75. The monoisotopic (exact) mass is 417 g/mol. The number of esters is 1. The van der Waals surface area contributed by atoms with Crippen LogP contribution in [0.4, 0.5) is 0 Å². The summed E-state index contributed by atoms with van der Waals surface area (Å²) in [4.78, 5) is 25.9. The molecule has 1 N–H and O–H groups in total. The van der Waals surface area contributed by atoms with E-state index in [2.05, 4.69) is 16.6 Å². The normalized spacial score (nSPS) is 18.2. The van der Waals surface area contributed by atoms with Gasteiger partial charge >= 0.3 is 5.97 Å². The van der Waals surface area contributed by atoms with E-state index >= 15 is 0 Å². The van der Waals surface area contributed by atoms with Crippen molar-refractivity contribution < 1.29 is 22.7 Å². The van der Waals surface area contributed by atoms with Gasteiger partial charge in [0.25, 0.3) is 15.9 Å². The van der Waals surface area contributed by atoms with Gasteiger partial charge < -0.3 is 15.0 Å². The first kappa shape index (κ1) is 20.8. The van der Waals surface area contributed by atoms with Crippen LogP contribution in [-0.2, 0) is 30.8 Å². The summed E-state index contributed by atoms with van der Waals surface area (Å²) in [5.74, 6) is -0.933. The Morgan fingerprint density at radius 3 is 2.66 bits per heavy atom. The minimum atomic E-state index is -3.45. The lowest BCUT2D eigenvalue weighted by atomic mass is 10.1. The lowest BCUT2D eigenvalue weighted by Crippen LogP contribution is -2.37. The number of benzene rings is 1. The molecule has 0 aliphatic carbocycles. The minimum absolute atomic E-state index is 0.122. The average Bonchev–Trinajstić information content (AvgIpc) is 2.71. The molecule has 2 heterocycles. The van der Waals surface area contributed by atoms with Crippen LogP contribution >= 0.6 is 0 Å². The first-order valence-corrected chi connectivity index (χ1v) is 10.9. The van der Waals surface area contributed by atoms with Crippen molar-refractivity contribution in [2.75, 3.05) is 18.9 Å². The molecule has 0 fully saturated rings. The van der Waals surface area contributed by atoms with Crippen molar-refractivity contribution in [3.63, 3.8) is 0 Å². The molecule has 2 aliphatic rings. The third kappa shape index (κ3) is 5.32. The second-order valence-electron chi connectivity index (χ2n) is 6.81. The van der Waals surface area contributed by atoms with Crippen LogP contribution in [-0.4, -0.2) is 49.9 Å². The zero-order valence-electron chi connectivity index (χ0n) is 16.3. The van der Waals surface area contributed by atoms with Gasteiger partial charge in [-0.3, -0.25) is 4.79 Å². The molecule has 1 atom stereocenters. The van der Waals surface area contributed by atoms with Crippen molar-refractivity contribution in [2.45, 2.75) is 26.3 Å². The van der Waals surface area contributed by atoms with Gasteiger partial charge in [0.2, 0.25) is 0 Å². The summed E-state index contributed by atoms with van der Waals surface area (Å²) >= 11 is 0. The van der Waals surface area contributed by atoms with Crippen molar-refractivity contribution >= 4 is 27.7 Å². The van der Waals surface area contributed by atoms with Gasteiger partial charge in [0.05, 0.1) is 17.4 Å². The van der Waals surface area contributed by atoms with Crippen molar-refractivity contribution in [1.29, 1.82) is 0 Å². The van der Waals surface area contributed by atoms with Crippen molar-refractivity contribution in [2.24, 2.45) is 4.40 Å². The molecule has 1 unspecified atom stereocenters. The van der Waals surface area contributed by atoms with E-state index in [9.17, 15) is 18.0 Å². The summed E-state index contributed by atoms with van der Waals surface area (Å²) in [6.07, 6.45) is 5.29. The molecule has 154 valence electrons. The maximum atomic E-state index is 12.2. The fourth-order valence-corrected chi connectivity index (χ4v) is 3.91. The quantitative estimate of drug-likeness (QED) is 0.703. The maximum absolute atomic E-state index is 12.2. The highest BCUT2D eigenvalue weighted by molar-refractivity contribution is 7.90. The third-order valence-electron chi connectivity index (χ3n) is 4.66. The number of carbonyl (C=O) groups is 2. The number of nitrogens with zero attached hydrogens (tertiary/aromatic N) is 2. The minimum Gasteiger partial charge on any atom is -0.452 e. The number of amidine groups is 1. The van der Waals surface area contributed by atoms with Crippen LogP contribution in [0, 0.1) is 0 Å². The molecule has 0 saturated carbocycles. The van der Waals surface area contributed by atoms with Crippen LogP contribution < -0.4 is 5.32 Å². The van der Waals surface area contributed by atoms with Gasteiger partial charge in [0, 0.05) is 12.7 Å². The highest BCUT2D eigenvalue weighted by atomic mass is 32.2. The Hall–Kier alpha value is -2.94. The topological polar surface area (TPSA) is 105 Å². The van der Waals surface area contributed by atoms with Crippen LogP contribution in [0.25, 0.3) is 0 Å². The number of hydrogen-bond donors (Lipinski definition) is 1. The predicted octanol–water partition coefficient (Wildman–Crippen LogP) is 1.47. The summed E-state index contributed by atoms with van der Waals surface area (Å²) in [7, 11) is -3.45. The number of sulfonamides is 1. The molecule has 8 nitrogen and oxygen atoms in total. The molecule has 1 aromatic carbocycles. The van der Waals surface area contributed by atoms with E-state index in [4.69, 9.17) is 4.74 Å². The predicted molar refractivity (Wildman–Crippen MR) is 108 cm³/mol. The number of amides is 1. The molecular formula is C20H23N3O5S. The Morgan fingerprint density at radius 1 is 1.24 bits per heavy atom. The average molecular weight is 417 g/mol. The zero-order valence-corrected chi connectivity index (χ0v) is 17.1. The van der Waals surface area contributed by atoms with Crippen LogP contribution in [0.1, 0.15) is 31.0 Å². The van der Waals surface area contributed by atoms with Gasteiger partial charge in [0.15, 0.2) is 6.61 Å². The van der Waals surface area contributed by atoms with Gasteiger partial charge in [-0.25, -0.2) is 13.2 Å². The lowest BCUT2D eigenvalue weighted by Gasteiger charge is -2.26. The van der Waals surface area contributed by atoms with E-state index in [1.54, 1.807) is 4.90 Å². The number of fused-ring (bicyclic) bond motifs is 1. The molecule has 9 heteroatoms. The zero-order chi connectivity index (χ0) is 21.0. The van der Waals surface area contributed by atoms with Gasteiger partial charge in [-0.1, -0.05) is 31.2 Å². The number of aryl methyl sites for hydroxylation is 1. The molecule has 2 aliphatic heterocycles. The Kier molecular flexibility index (Phi) is 6.17. The molecule has 1 aromatic rings. The van der Waals surface area contributed by atoms with Crippen LogP contribution in [0.5, 0.6) is 0 Å². The van der Waals surface area contributed by atoms with Crippen molar-refractivity contribution in [1.82, 2.24) is 10.2 Å². The fraction of sp³-hybridized carbons (Fsp3) is 0.350. The molecule has 0 saturated heterocycles. The molecule has 0 radical (unpaired) electrons. The third-order valence-corrected chi connectivity index (χ3v) is 5.82. The Balaban J connectivity index is 1.52. The van der Waals surface area contributed by atoms with Crippen LogP contribution in [0.2, 0.25) is 0 Å². The fourth-order valence-electron chi connectivity index (χ4n) is 2.94. The molecule has 29 heavy (non-hydrogen) atoms. The highest BCUT2D eigenvalue weighted by Crippen LogP contribution is 2.17. The maximum Gasteiger partial charge on any atom is 0.340 e. The summed E-state index contributed by atoms with van der Waals surface area (Å²) in [5.41, 5.74) is 2.40. The van der Waals surface area contributed by atoms with E-state index in [0.29, 0.717) is 0 Å². The number of ether oxygens (including phenoxy) is 1. The number of carbonyl (C=O) groups excluding carboxylic acids is 2. The van der Waals surface area contributed by atoms with E-state index in [1.165, 1.54) is 23.9 Å². The second kappa shape index (κ2) is 8.60. The molecular weight excluding hydrogens is 394 g/mol. The summed E-state index contributed by atoms with van der Waals surface area (Å²) < 4.78 is 31.8. The summed E-state index contributed by atoms with van der Waals surface area (Å²) in [6.45, 7) is 3.73. The SMILES string of the molecule is CCc1ccc(C(C)NC(=O)COC(=O)C2=CN3CCS(=O)(=O)N=C3C=C2)cc1. The Bertz CT molecular complexity index is 993. The Labute approximate surface area is 170 Å².